The average molecular weight is 300 g/mol. The quantitative estimate of drug-likeness (QED) is 0.899. The fourth-order valence-corrected chi connectivity index (χ4v) is 2.27. The second kappa shape index (κ2) is 6.33. The van der Waals surface area contributed by atoms with Gasteiger partial charge in [-0.1, -0.05) is 23.2 Å². The van der Waals surface area contributed by atoms with Gasteiger partial charge in [-0.05, 0) is 43.8 Å². The smallest absolute Gasteiger partial charge is 0.146 e. The van der Waals surface area contributed by atoms with Gasteiger partial charge in [-0.15, -0.1) is 0 Å². The lowest BCUT2D eigenvalue weighted by molar-refractivity contribution is 0.265. The van der Waals surface area contributed by atoms with E-state index < -0.39 is 0 Å². The van der Waals surface area contributed by atoms with Crippen LogP contribution in [0.15, 0.2) is 28.7 Å². The van der Waals surface area contributed by atoms with Crippen molar-refractivity contribution in [3.63, 3.8) is 0 Å². The summed E-state index contributed by atoms with van der Waals surface area (Å²) < 4.78 is 11.3. The van der Waals surface area contributed by atoms with Crippen LogP contribution in [0.2, 0.25) is 10.0 Å². The Balaban J connectivity index is 2.03. The molecule has 3 nitrogen and oxygen atoms in total. The zero-order valence-electron chi connectivity index (χ0n) is 10.8. The van der Waals surface area contributed by atoms with E-state index in [9.17, 15) is 0 Å². The van der Waals surface area contributed by atoms with Crippen molar-refractivity contribution < 1.29 is 9.15 Å². The first-order valence-electron chi connectivity index (χ1n) is 5.90. The lowest BCUT2D eigenvalue weighted by Crippen LogP contribution is -2.04. The third kappa shape index (κ3) is 3.90. The molecule has 19 heavy (non-hydrogen) atoms. The molecule has 2 rings (SSSR count). The molecule has 1 N–H and O–H groups in total. The number of ether oxygens (including phenoxy) is 1. The van der Waals surface area contributed by atoms with E-state index in [0.717, 1.165) is 17.1 Å². The van der Waals surface area contributed by atoms with E-state index in [4.69, 9.17) is 32.4 Å². The van der Waals surface area contributed by atoms with Crippen LogP contribution in [-0.4, -0.2) is 7.05 Å². The fourth-order valence-electron chi connectivity index (χ4n) is 1.76. The van der Waals surface area contributed by atoms with Crippen LogP contribution in [-0.2, 0) is 13.2 Å². The summed E-state index contributed by atoms with van der Waals surface area (Å²) in [7, 11) is 1.88. The minimum Gasteiger partial charge on any atom is -0.486 e. The second-order valence-electron chi connectivity index (χ2n) is 4.24. The zero-order chi connectivity index (χ0) is 13.8. The van der Waals surface area contributed by atoms with Crippen LogP contribution in [0.4, 0.5) is 0 Å². The van der Waals surface area contributed by atoms with Crippen molar-refractivity contribution in [2.45, 2.75) is 20.1 Å². The summed E-state index contributed by atoms with van der Waals surface area (Å²) in [5, 5.41) is 4.16. The topological polar surface area (TPSA) is 34.4 Å². The van der Waals surface area contributed by atoms with Gasteiger partial charge in [0, 0.05) is 10.0 Å². The van der Waals surface area contributed by atoms with Crippen LogP contribution in [0.3, 0.4) is 0 Å². The van der Waals surface area contributed by atoms with Gasteiger partial charge in [0.15, 0.2) is 0 Å². The molecule has 0 atom stereocenters. The van der Waals surface area contributed by atoms with Gasteiger partial charge in [0.05, 0.1) is 6.54 Å². The van der Waals surface area contributed by atoms with Gasteiger partial charge in [-0.25, -0.2) is 0 Å². The van der Waals surface area contributed by atoms with E-state index in [0.29, 0.717) is 28.9 Å². The van der Waals surface area contributed by atoms with Gasteiger partial charge in [0.25, 0.3) is 0 Å². The number of benzene rings is 1. The van der Waals surface area contributed by atoms with Crippen molar-refractivity contribution in [1.82, 2.24) is 5.32 Å². The highest BCUT2D eigenvalue weighted by atomic mass is 35.5. The highest BCUT2D eigenvalue weighted by Crippen LogP contribution is 2.25. The van der Waals surface area contributed by atoms with E-state index in [2.05, 4.69) is 5.32 Å². The largest absolute Gasteiger partial charge is 0.486 e. The number of furan rings is 1. The van der Waals surface area contributed by atoms with Crippen LogP contribution < -0.4 is 10.1 Å². The first-order chi connectivity index (χ1) is 9.08. The Hall–Kier alpha value is -1.16. The fraction of sp³-hybridized carbons (Fsp3) is 0.286. The van der Waals surface area contributed by atoms with Crippen molar-refractivity contribution in [2.24, 2.45) is 0 Å². The third-order valence-electron chi connectivity index (χ3n) is 2.63. The van der Waals surface area contributed by atoms with Crippen molar-refractivity contribution in [2.75, 3.05) is 7.05 Å². The summed E-state index contributed by atoms with van der Waals surface area (Å²) in [6.07, 6.45) is 0. The summed E-state index contributed by atoms with van der Waals surface area (Å²) in [6.45, 7) is 3.06. The first-order valence-corrected chi connectivity index (χ1v) is 6.66. The van der Waals surface area contributed by atoms with E-state index in [1.54, 1.807) is 18.2 Å². The Morgan fingerprint density at radius 1 is 1.16 bits per heavy atom. The Kier molecular flexibility index (Phi) is 4.75. The Labute approximate surface area is 122 Å². The molecule has 0 aliphatic rings. The van der Waals surface area contributed by atoms with Crippen LogP contribution in [0, 0.1) is 6.92 Å². The van der Waals surface area contributed by atoms with Crippen LogP contribution in [0.25, 0.3) is 0 Å². The molecule has 1 aromatic carbocycles. The SMILES string of the molecule is CNCc1oc(COc2cc(Cl)cc(Cl)c2)cc1C. The van der Waals surface area contributed by atoms with Gasteiger partial charge in [-0.2, -0.15) is 0 Å². The highest BCUT2D eigenvalue weighted by Gasteiger charge is 2.08. The summed E-state index contributed by atoms with van der Waals surface area (Å²) >= 11 is 11.8. The highest BCUT2D eigenvalue weighted by molar-refractivity contribution is 6.34. The zero-order valence-corrected chi connectivity index (χ0v) is 12.3. The molecule has 1 heterocycles. The van der Waals surface area contributed by atoms with Gasteiger partial charge < -0.3 is 14.5 Å². The van der Waals surface area contributed by atoms with Crippen LogP contribution in [0.5, 0.6) is 5.75 Å². The van der Waals surface area contributed by atoms with Crippen molar-refractivity contribution >= 4 is 23.2 Å². The van der Waals surface area contributed by atoms with Gasteiger partial charge in [-0.3, -0.25) is 0 Å². The van der Waals surface area contributed by atoms with E-state index in [-0.39, 0.29) is 0 Å². The van der Waals surface area contributed by atoms with Gasteiger partial charge in [0.1, 0.15) is 23.9 Å². The van der Waals surface area contributed by atoms with Crippen LogP contribution >= 0.6 is 23.2 Å². The summed E-state index contributed by atoms with van der Waals surface area (Å²) in [4.78, 5) is 0. The summed E-state index contributed by atoms with van der Waals surface area (Å²) in [5.74, 6) is 2.32. The van der Waals surface area contributed by atoms with Gasteiger partial charge >= 0.3 is 0 Å². The monoisotopic (exact) mass is 299 g/mol. The molecule has 2 aromatic rings. The molecule has 0 unspecified atom stereocenters. The molecule has 0 amide bonds. The predicted molar refractivity (Wildman–Crippen MR) is 77.0 cm³/mol. The molecule has 0 fully saturated rings. The van der Waals surface area contributed by atoms with Gasteiger partial charge in [0.2, 0.25) is 0 Å². The van der Waals surface area contributed by atoms with Crippen molar-refractivity contribution in [1.29, 1.82) is 0 Å². The Morgan fingerprint density at radius 3 is 2.47 bits per heavy atom. The molecule has 0 aliphatic heterocycles. The maximum atomic E-state index is 5.91. The first kappa shape index (κ1) is 14.3. The summed E-state index contributed by atoms with van der Waals surface area (Å²) in [5.41, 5.74) is 1.11. The maximum Gasteiger partial charge on any atom is 0.146 e. The lowest BCUT2D eigenvalue weighted by Gasteiger charge is -2.05. The van der Waals surface area contributed by atoms with Crippen LogP contribution in [0.1, 0.15) is 17.1 Å². The molecule has 102 valence electrons. The number of nitrogens with one attached hydrogen (secondary N) is 1. The average Bonchev–Trinajstić information content (AvgIpc) is 2.67. The number of hydrogen-bond donors (Lipinski definition) is 1. The molecule has 0 radical (unpaired) electrons. The normalized spacial score (nSPS) is 10.7. The lowest BCUT2D eigenvalue weighted by atomic mass is 10.2. The molecule has 0 saturated heterocycles. The third-order valence-corrected chi connectivity index (χ3v) is 3.06. The molecule has 1 aromatic heterocycles. The summed E-state index contributed by atoms with van der Waals surface area (Å²) in [6, 6.07) is 7.08. The minimum atomic E-state index is 0.348. The predicted octanol–water partition coefficient (Wildman–Crippen LogP) is 4.19. The Morgan fingerprint density at radius 2 is 1.84 bits per heavy atom. The molecular weight excluding hydrogens is 285 g/mol. The number of halogens is 2. The number of hydrogen-bond acceptors (Lipinski definition) is 3. The van der Waals surface area contributed by atoms with E-state index in [1.165, 1.54) is 0 Å². The van der Waals surface area contributed by atoms with E-state index in [1.807, 2.05) is 20.0 Å². The van der Waals surface area contributed by atoms with Crippen molar-refractivity contribution in [3.05, 3.63) is 51.4 Å². The maximum absolute atomic E-state index is 5.91. The minimum absolute atomic E-state index is 0.348. The standard InChI is InChI=1S/C14H15Cl2NO2/c1-9-3-13(19-14(9)7-17-2)8-18-12-5-10(15)4-11(16)6-12/h3-6,17H,7-8H2,1-2H3. The molecule has 0 saturated carbocycles. The second-order valence-corrected chi connectivity index (χ2v) is 5.12. The molecule has 0 bridgehead atoms. The Bertz CT molecular complexity index is 546. The number of rotatable bonds is 5. The molecular formula is C14H15Cl2NO2. The molecule has 0 aliphatic carbocycles. The van der Waals surface area contributed by atoms with Crippen molar-refractivity contribution in [3.8, 4) is 5.75 Å². The number of aryl methyl sites for hydroxylation is 1. The van der Waals surface area contributed by atoms with E-state index >= 15 is 0 Å². The molecule has 0 spiro atoms. The molecule has 5 heteroatoms.